The van der Waals surface area contributed by atoms with Gasteiger partial charge in [0.15, 0.2) is 0 Å². The van der Waals surface area contributed by atoms with Crippen LogP contribution in [0.4, 0.5) is 5.82 Å². The highest BCUT2D eigenvalue weighted by molar-refractivity contribution is 6.76. The van der Waals surface area contributed by atoms with Crippen molar-refractivity contribution in [3.8, 4) is 0 Å². The van der Waals surface area contributed by atoms with Crippen LogP contribution in [0.3, 0.4) is 0 Å². The van der Waals surface area contributed by atoms with Gasteiger partial charge in [-0.05, 0) is 6.04 Å². The zero-order valence-corrected chi connectivity index (χ0v) is 10.2. The molecule has 4 nitrogen and oxygen atoms in total. The first-order valence-electron chi connectivity index (χ1n) is 4.84. The first-order valence-corrected chi connectivity index (χ1v) is 8.55. The maximum Gasteiger partial charge on any atom is 0.145 e. The lowest BCUT2D eigenvalue weighted by molar-refractivity contribution is 0.0788. The Balaban J connectivity index is 2.16. The van der Waals surface area contributed by atoms with E-state index in [0.29, 0.717) is 12.5 Å². The maximum absolute atomic E-state index is 5.49. The second kappa shape index (κ2) is 4.61. The minimum Gasteiger partial charge on any atom is -0.382 e. The van der Waals surface area contributed by atoms with Gasteiger partial charge in [-0.15, -0.1) is 0 Å². The average molecular weight is 213 g/mol. The van der Waals surface area contributed by atoms with Crippen molar-refractivity contribution in [3.63, 3.8) is 0 Å². The molecule has 0 fully saturated rings. The molecule has 1 aromatic heterocycles. The summed E-state index contributed by atoms with van der Waals surface area (Å²) in [6.45, 7) is 8.32. The molecular formula is C9H19N3OSi. The van der Waals surface area contributed by atoms with Crippen LogP contribution in [0.1, 0.15) is 0 Å². The Morgan fingerprint density at radius 3 is 2.71 bits per heavy atom. The fraction of sp³-hybridized carbons (Fsp3) is 0.667. The van der Waals surface area contributed by atoms with Crippen LogP contribution >= 0.6 is 0 Å². The van der Waals surface area contributed by atoms with E-state index in [2.05, 4.69) is 24.7 Å². The number of aromatic nitrogens is 2. The van der Waals surface area contributed by atoms with Gasteiger partial charge in [-0.25, -0.2) is 4.68 Å². The van der Waals surface area contributed by atoms with Gasteiger partial charge in [0.05, 0.1) is 0 Å². The second-order valence-electron chi connectivity index (χ2n) is 4.63. The summed E-state index contributed by atoms with van der Waals surface area (Å²) in [6.07, 6.45) is 1.82. The maximum atomic E-state index is 5.49. The van der Waals surface area contributed by atoms with Crippen molar-refractivity contribution in [1.29, 1.82) is 0 Å². The SMILES string of the molecule is C[Si](C)(C)CCOCn1ccc(N)n1. The molecule has 0 saturated carbocycles. The Kier molecular flexibility index (Phi) is 3.71. The highest BCUT2D eigenvalue weighted by Gasteiger charge is 2.11. The van der Waals surface area contributed by atoms with Crippen LogP contribution in [0.2, 0.25) is 25.7 Å². The highest BCUT2D eigenvalue weighted by atomic mass is 28.3. The zero-order valence-electron chi connectivity index (χ0n) is 9.16. The van der Waals surface area contributed by atoms with Crippen molar-refractivity contribution >= 4 is 13.9 Å². The van der Waals surface area contributed by atoms with Crippen molar-refractivity contribution in [1.82, 2.24) is 9.78 Å². The Hall–Kier alpha value is -0.813. The zero-order chi connectivity index (χ0) is 10.6. The van der Waals surface area contributed by atoms with Crippen molar-refractivity contribution < 1.29 is 4.74 Å². The van der Waals surface area contributed by atoms with Crippen LogP contribution in [0.25, 0.3) is 0 Å². The van der Waals surface area contributed by atoms with E-state index in [4.69, 9.17) is 10.5 Å². The number of hydrogen-bond acceptors (Lipinski definition) is 3. The molecule has 0 atom stereocenters. The molecule has 1 heterocycles. The fourth-order valence-corrected chi connectivity index (χ4v) is 1.74. The quantitative estimate of drug-likeness (QED) is 0.599. The van der Waals surface area contributed by atoms with Crippen molar-refractivity contribution in [2.45, 2.75) is 32.4 Å². The van der Waals surface area contributed by atoms with Crippen LogP contribution in [0, 0.1) is 0 Å². The fourth-order valence-electron chi connectivity index (χ4n) is 0.986. The van der Waals surface area contributed by atoms with Gasteiger partial charge in [-0.2, -0.15) is 5.10 Å². The smallest absolute Gasteiger partial charge is 0.145 e. The van der Waals surface area contributed by atoms with Gasteiger partial charge in [-0.3, -0.25) is 0 Å². The Morgan fingerprint density at radius 1 is 1.50 bits per heavy atom. The molecule has 1 rings (SSSR count). The van der Waals surface area contributed by atoms with Gasteiger partial charge in [-0.1, -0.05) is 19.6 Å². The third-order valence-corrected chi connectivity index (χ3v) is 3.59. The predicted molar refractivity (Wildman–Crippen MR) is 60.7 cm³/mol. The van der Waals surface area contributed by atoms with E-state index in [0.717, 1.165) is 6.61 Å². The largest absolute Gasteiger partial charge is 0.382 e. The topological polar surface area (TPSA) is 53.1 Å². The minimum absolute atomic E-state index is 0.502. The summed E-state index contributed by atoms with van der Waals surface area (Å²) in [7, 11) is -0.970. The van der Waals surface area contributed by atoms with Gasteiger partial charge >= 0.3 is 0 Å². The van der Waals surface area contributed by atoms with E-state index < -0.39 is 8.07 Å². The first-order chi connectivity index (χ1) is 6.47. The summed E-state index contributed by atoms with van der Waals surface area (Å²) in [5.74, 6) is 0.541. The highest BCUT2D eigenvalue weighted by Crippen LogP contribution is 2.07. The molecule has 0 aliphatic rings. The van der Waals surface area contributed by atoms with Gasteiger partial charge in [0.2, 0.25) is 0 Å². The number of ether oxygens (including phenoxy) is 1. The van der Waals surface area contributed by atoms with E-state index in [-0.39, 0.29) is 0 Å². The number of anilines is 1. The van der Waals surface area contributed by atoms with Crippen LogP contribution < -0.4 is 5.73 Å². The van der Waals surface area contributed by atoms with E-state index in [1.54, 1.807) is 10.7 Å². The molecule has 14 heavy (non-hydrogen) atoms. The van der Waals surface area contributed by atoms with Crippen LogP contribution in [-0.4, -0.2) is 24.5 Å². The molecule has 0 aromatic carbocycles. The molecule has 0 amide bonds. The van der Waals surface area contributed by atoms with Gasteiger partial charge in [0.25, 0.3) is 0 Å². The van der Waals surface area contributed by atoms with E-state index in [9.17, 15) is 0 Å². The number of nitrogens with zero attached hydrogens (tertiary/aromatic N) is 2. The molecule has 0 spiro atoms. The lowest BCUT2D eigenvalue weighted by Crippen LogP contribution is -2.22. The van der Waals surface area contributed by atoms with Crippen LogP contribution in [-0.2, 0) is 11.5 Å². The lowest BCUT2D eigenvalue weighted by atomic mass is 10.7. The first kappa shape index (κ1) is 11.3. The van der Waals surface area contributed by atoms with Crippen LogP contribution in [0.15, 0.2) is 12.3 Å². The van der Waals surface area contributed by atoms with Gasteiger partial charge < -0.3 is 10.5 Å². The summed E-state index contributed by atoms with van der Waals surface area (Å²) in [5, 5.41) is 4.03. The monoisotopic (exact) mass is 213 g/mol. The van der Waals surface area contributed by atoms with Crippen LogP contribution in [0.5, 0.6) is 0 Å². The summed E-state index contributed by atoms with van der Waals surface area (Å²) in [4.78, 5) is 0. The molecule has 2 N–H and O–H groups in total. The van der Waals surface area contributed by atoms with E-state index >= 15 is 0 Å². The Labute approximate surface area is 86.1 Å². The van der Waals surface area contributed by atoms with Crippen molar-refractivity contribution in [3.05, 3.63) is 12.3 Å². The minimum atomic E-state index is -0.970. The van der Waals surface area contributed by atoms with E-state index in [1.165, 1.54) is 6.04 Å². The average Bonchev–Trinajstić information content (AvgIpc) is 2.44. The summed E-state index contributed by atoms with van der Waals surface area (Å²) in [5.41, 5.74) is 5.47. The number of rotatable bonds is 5. The normalized spacial score (nSPS) is 11.9. The number of hydrogen-bond donors (Lipinski definition) is 1. The van der Waals surface area contributed by atoms with Gasteiger partial charge in [0.1, 0.15) is 12.5 Å². The molecule has 0 radical (unpaired) electrons. The Bertz CT molecular complexity index is 280. The second-order valence-corrected chi connectivity index (χ2v) is 10.2. The lowest BCUT2D eigenvalue weighted by Gasteiger charge is -2.15. The molecule has 80 valence electrons. The standard InChI is InChI=1S/C9H19N3OSi/c1-14(2,3)7-6-13-8-12-5-4-9(10)11-12/h4-5H,6-8H2,1-3H3,(H2,10,11). The molecule has 1 aromatic rings. The predicted octanol–water partition coefficient (Wildman–Crippen LogP) is 1.78. The molecule has 0 unspecified atom stereocenters. The molecule has 0 saturated heterocycles. The third-order valence-electron chi connectivity index (χ3n) is 1.88. The molecule has 0 aliphatic heterocycles. The third kappa shape index (κ3) is 4.43. The van der Waals surface area contributed by atoms with Crippen molar-refractivity contribution in [2.24, 2.45) is 0 Å². The molecule has 0 bridgehead atoms. The molecule has 0 aliphatic carbocycles. The Morgan fingerprint density at radius 2 is 2.21 bits per heavy atom. The van der Waals surface area contributed by atoms with Gasteiger partial charge in [0, 0.05) is 26.9 Å². The summed E-state index contributed by atoms with van der Waals surface area (Å²) < 4.78 is 7.20. The van der Waals surface area contributed by atoms with Crippen molar-refractivity contribution in [2.75, 3.05) is 12.3 Å². The summed E-state index contributed by atoms with van der Waals surface area (Å²) >= 11 is 0. The van der Waals surface area contributed by atoms with E-state index in [1.807, 2.05) is 6.20 Å². The molecule has 5 heteroatoms. The molecular weight excluding hydrogens is 194 g/mol. The number of nitrogen functional groups attached to an aromatic ring is 1. The number of nitrogens with two attached hydrogens (primary N) is 1. The summed E-state index contributed by atoms with van der Waals surface area (Å²) in [6, 6.07) is 2.95.